The van der Waals surface area contributed by atoms with Crippen molar-refractivity contribution in [3.8, 4) is 5.75 Å². The Balaban J connectivity index is 1.87. The summed E-state index contributed by atoms with van der Waals surface area (Å²) in [7, 11) is 0. The van der Waals surface area contributed by atoms with E-state index in [-0.39, 0.29) is 18.6 Å². The average Bonchev–Trinajstić information content (AvgIpc) is 2.20. The number of amides is 1. The highest BCUT2D eigenvalue weighted by Gasteiger charge is 2.28. The Morgan fingerprint density at radius 1 is 1.35 bits per heavy atom. The minimum Gasteiger partial charge on any atom is -0.484 e. The highest BCUT2D eigenvalue weighted by atomic mass is 16.5. The molecule has 0 aromatic heterocycles. The van der Waals surface area contributed by atoms with Crippen molar-refractivity contribution < 1.29 is 14.6 Å². The second-order valence-electron chi connectivity index (χ2n) is 4.56. The van der Waals surface area contributed by atoms with E-state index in [1.54, 1.807) is 4.90 Å². The molecule has 0 atom stereocenters. The van der Waals surface area contributed by atoms with Gasteiger partial charge in [-0.05, 0) is 37.1 Å². The van der Waals surface area contributed by atoms with Crippen molar-refractivity contribution in [2.45, 2.75) is 20.0 Å². The maximum Gasteiger partial charge on any atom is 0.260 e. The van der Waals surface area contributed by atoms with Crippen molar-refractivity contribution in [2.24, 2.45) is 0 Å². The van der Waals surface area contributed by atoms with Gasteiger partial charge in [0.2, 0.25) is 0 Å². The molecule has 0 radical (unpaired) electrons. The van der Waals surface area contributed by atoms with Crippen LogP contribution in [0.3, 0.4) is 0 Å². The summed E-state index contributed by atoms with van der Waals surface area (Å²) in [5, 5.41) is 9.09. The molecule has 2 rings (SSSR count). The number of carbonyl (C=O) groups excluding carboxylic acids is 1. The maximum atomic E-state index is 11.6. The zero-order chi connectivity index (χ0) is 12.4. The topological polar surface area (TPSA) is 49.8 Å². The Morgan fingerprint density at radius 2 is 1.94 bits per heavy atom. The van der Waals surface area contributed by atoms with Crippen molar-refractivity contribution >= 4 is 5.91 Å². The van der Waals surface area contributed by atoms with Gasteiger partial charge in [-0.1, -0.05) is 6.07 Å². The van der Waals surface area contributed by atoms with Crippen LogP contribution in [0.2, 0.25) is 0 Å². The summed E-state index contributed by atoms with van der Waals surface area (Å²) in [5.74, 6) is 0.645. The number of likely N-dealkylation sites (tertiary alicyclic amines) is 1. The Hall–Kier alpha value is -1.55. The van der Waals surface area contributed by atoms with Crippen LogP contribution in [0.5, 0.6) is 5.75 Å². The first-order valence-corrected chi connectivity index (χ1v) is 5.71. The lowest BCUT2D eigenvalue weighted by molar-refractivity contribution is -0.143. The Morgan fingerprint density at radius 3 is 2.47 bits per heavy atom. The Labute approximate surface area is 101 Å². The lowest BCUT2D eigenvalue weighted by atomic mass is 10.1. The largest absolute Gasteiger partial charge is 0.484 e. The van der Waals surface area contributed by atoms with Crippen LogP contribution in [0.1, 0.15) is 11.1 Å². The fourth-order valence-electron chi connectivity index (χ4n) is 1.91. The standard InChI is InChI=1S/C13H17NO3/c1-9-3-10(2)5-12(4-9)17-8-13(16)14-6-11(15)7-14/h3-5,11,15H,6-8H2,1-2H3. The van der Waals surface area contributed by atoms with Crippen LogP contribution in [-0.2, 0) is 4.79 Å². The maximum absolute atomic E-state index is 11.6. The molecule has 0 unspecified atom stereocenters. The third kappa shape index (κ3) is 2.97. The van der Waals surface area contributed by atoms with Gasteiger partial charge in [0, 0.05) is 13.1 Å². The van der Waals surface area contributed by atoms with E-state index in [0.29, 0.717) is 13.1 Å². The van der Waals surface area contributed by atoms with E-state index in [0.717, 1.165) is 16.9 Å². The Kier molecular flexibility index (Phi) is 3.33. The molecule has 0 bridgehead atoms. The average molecular weight is 235 g/mol. The number of carbonyl (C=O) groups is 1. The lowest BCUT2D eigenvalue weighted by Crippen LogP contribution is -2.54. The highest BCUT2D eigenvalue weighted by Crippen LogP contribution is 2.16. The monoisotopic (exact) mass is 235 g/mol. The van der Waals surface area contributed by atoms with E-state index in [1.807, 2.05) is 26.0 Å². The molecule has 4 heteroatoms. The predicted octanol–water partition coefficient (Wildman–Crippen LogP) is 0.885. The number of ether oxygens (including phenoxy) is 1. The molecule has 1 aliphatic heterocycles. The normalized spacial score (nSPS) is 15.6. The number of β-amino-alcohol motifs (C(OH)–C–C–N with tert-alkyl or cyclic N) is 1. The molecule has 1 N–H and O–H groups in total. The van der Waals surface area contributed by atoms with Crippen LogP contribution in [0, 0.1) is 13.8 Å². The van der Waals surface area contributed by atoms with Crippen LogP contribution < -0.4 is 4.74 Å². The molecule has 1 saturated heterocycles. The van der Waals surface area contributed by atoms with E-state index in [9.17, 15) is 4.79 Å². The van der Waals surface area contributed by atoms with Crippen molar-refractivity contribution in [3.63, 3.8) is 0 Å². The summed E-state index contributed by atoms with van der Waals surface area (Å²) in [6.45, 7) is 4.88. The number of rotatable bonds is 3. The van der Waals surface area contributed by atoms with Crippen LogP contribution in [0.4, 0.5) is 0 Å². The molecular formula is C13H17NO3. The SMILES string of the molecule is Cc1cc(C)cc(OCC(=O)N2CC(O)C2)c1. The third-order valence-corrected chi connectivity index (χ3v) is 2.77. The molecule has 0 aliphatic carbocycles. The van der Waals surface area contributed by atoms with Crippen LogP contribution in [0.25, 0.3) is 0 Å². The fraction of sp³-hybridized carbons (Fsp3) is 0.462. The second kappa shape index (κ2) is 4.75. The molecule has 0 saturated carbocycles. The number of hydrogen-bond acceptors (Lipinski definition) is 3. The summed E-state index contributed by atoms with van der Waals surface area (Å²) in [6, 6.07) is 5.87. The van der Waals surface area contributed by atoms with E-state index >= 15 is 0 Å². The summed E-state index contributed by atoms with van der Waals surface area (Å²) < 4.78 is 5.45. The molecule has 1 aromatic rings. The summed E-state index contributed by atoms with van der Waals surface area (Å²) >= 11 is 0. The third-order valence-electron chi connectivity index (χ3n) is 2.77. The minimum absolute atomic E-state index is 0.0373. The number of benzene rings is 1. The zero-order valence-corrected chi connectivity index (χ0v) is 10.1. The van der Waals surface area contributed by atoms with Gasteiger partial charge in [-0.3, -0.25) is 4.79 Å². The smallest absolute Gasteiger partial charge is 0.260 e. The van der Waals surface area contributed by atoms with Crippen LogP contribution in [-0.4, -0.2) is 41.7 Å². The molecule has 92 valence electrons. The number of aliphatic hydroxyl groups is 1. The number of nitrogens with zero attached hydrogens (tertiary/aromatic N) is 1. The first-order chi connectivity index (χ1) is 8.04. The molecule has 1 aliphatic rings. The molecule has 4 nitrogen and oxygen atoms in total. The molecule has 0 spiro atoms. The van der Waals surface area contributed by atoms with Crippen molar-refractivity contribution in [1.82, 2.24) is 4.90 Å². The number of hydrogen-bond donors (Lipinski definition) is 1. The van der Waals surface area contributed by atoms with Gasteiger partial charge in [-0.15, -0.1) is 0 Å². The van der Waals surface area contributed by atoms with Gasteiger partial charge in [0.1, 0.15) is 5.75 Å². The Bertz CT molecular complexity index is 404. The van der Waals surface area contributed by atoms with Gasteiger partial charge < -0.3 is 14.7 Å². The highest BCUT2D eigenvalue weighted by molar-refractivity contribution is 5.78. The molecule has 17 heavy (non-hydrogen) atoms. The van der Waals surface area contributed by atoms with E-state index in [2.05, 4.69) is 6.07 Å². The second-order valence-corrected chi connectivity index (χ2v) is 4.56. The van der Waals surface area contributed by atoms with Crippen LogP contribution in [0.15, 0.2) is 18.2 Å². The fourth-order valence-corrected chi connectivity index (χ4v) is 1.91. The van der Waals surface area contributed by atoms with E-state index in [4.69, 9.17) is 9.84 Å². The van der Waals surface area contributed by atoms with Crippen LogP contribution >= 0.6 is 0 Å². The summed E-state index contributed by atoms with van der Waals surface area (Å²) in [5.41, 5.74) is 2.23. The van der Waals surface area contributed by atoms with Gasteiger partial charge in [-0.2, -0.15) is 0 Å². The molecule has 1 amide bonds. The summed E-state index contributed by atoms with van der Waals surface area (Å²) in [4.78, 5) is 13.2. The zero-order valence-electron chi connectivity index (χ0n) is 10.1. The molecular weight excluding hydrogens is 218 g/mol. The molecule has 1 fully saturated rings. The molecule has 1 aromatic carbocycles. The van der Waals surface area contributed by atoms with Crippen molar-refractivity contribution in [3.05, 3.63) is 29.3 Å². The van der Waals surface area contributed by atoms with E-state index < -0.39 is 0 Å². The van der Waals surface area contributed by atoms with Crippen molar-refractivity contribution in [1.29, 1.82) is 0 Å². The van der Waals surface area contributed by atoms with Gasteiger partial charge >= 0.3 is 0 Å². The number of aliphatic hydroxyl groups excluding tert-OH is 1. The van der Waals surface area contributed by atoms with E-state index in [1.165, 1.54) is 0 Å². The van der Waals surface area contributed by atoms with Gasteiger partial charge in [0.15, 0.2) is 6.61 Å². The predicted molar refractivity (Wildman–Crippen MR) is 64.0 cm³/mol. The van der Waals surface area contributed by atoms with Gasteiger partial charge in [-0.25, -0.2) is 0 Å². The number of aryl methyl sites for hydroxylation is 2. The summed E-state index contributed by atoms with van der Waals surface area (Å²) in [6.07, 6.45) is -0.361. The quantitative estimate of drug-likeness (QED) is 0.846. The lowest BCUT2D eigenvalue weighted by Gasteiger charge is -2.35. The minimum atomic E-state index is -0.361. The van der Waals surface area contributed by atoms with Gasteiger partial charge in [0.25, 0.3) is 5.91 Å². The first-order valence-electron chi connectivity index (χ1n) is 5.71. The van der Waals surface area contributed by atoms with Crippen molar-refractivity contribution in [2.75, 3.05) is 19.7 Å². The van der Waals surface area contributed by atoms with Gasteiger partial charge in [0.05, 0.1) is 6.10 Å². The first kappa shape index (κ1) is 11.9. The molecule has 1 heterocycles.